The lowest BCUT2D eigenvalue weighted by Gasteiger charge is -2.06. The van der Waals surface area contributed by atoms with E-state index in [2.05, 4.69) is 15.6 Å². The van der Waals surface area contributed by atoms with E-state index >= 15 is 0 Å². The highest BCUT2D eigenvalue weighted by Gasteiger charge is 2.01. The number of carbonyl (C=O) groups is 1. The summed E-state index contributed by atoms with van der Waals surface area (Å²) in [6.45, 7) is 3.27. The third-order valence-corrected chi connectivity index (χ3v) is 2.60. The summed E-state index contributed by atoms with van der Waals surface area (Å²) in [7, 11) is 1.62. The van der Waals surface area contributed by atoms with Crippen molar-refractivity contribution < 1.29 is 9.53 Å². The van der Waals surface area contributed by atoms with Crippen molar-refractivity contribution in [2.75, 3.05) is 20.2 Å². The molecule has 0 heterocycles. The molecule has 1 rings (SSSR count). The lowest BCUT2D eigenvalue weighted by Crippen LogP contribution is -2.34. The van der Waals surface area contributed by atoms with Gasteiger partial charge in [-0.2, -0.15) is 0 Å². The summed E-state index contributed by atoms with van der Waals surface area (Å²) < 4.78 is 5.07. The van der Waals surface area contributed by atoms with E-state index in [9.17, 15) is 4.79 Å². The summed E-state index contributed by atoms with van der Waals surface area (Å²) >= 11 is 0. The van der Waals surface area contributed by atoms with Crippen molar-refractivity contribution in [3.05, 3.63) is 29.8 Å². The van der Waals surface area contributed by atoms with Gasteiger partial charge < -0.3 is 21.1 Å². The molecule has 0 fully saturated rings. The number of ether oxygens (including phenoxy) is 1. The number of hydrogen-bond donors (Lipinski definition) is 3. The fourth-order valence-electron chi connectivity index (χ4n) is 1.47. The highest BCUT2D eigenvalue weighted by atomic mass is 16.5. The second-order valence-electron chi connectivity index (χ2n) is 4.25. The number of nitrogens with zero attached hydrogens (tertiary/aromatic N) is 1. The fraction of sp³-hybridized carbons (Fsp3) is 0.429. The van der Waals surface area contributed by atoms with Gasteiger partial charge in [-0.25, -0.2) is 4.99 Å². The van der Waals surface area contributed by atoms with Crippen LogP contribution < -0.4 is 21.1 Å². The van der Waals surface area contributed by atoms with Gasteiger partial charge in [0.25, 0.3) is 0 Å². The predicted molar refractivity (Wildman–Crippen MR) is 79.6 cm³/mol. The first-order chi connectivity index (χ1) is 9.65. The monoisotopic (exact) mass is 278 g/mol. The summed E-state index contributed by atoms with van der Waals surface area (Å²) in [5, 5.41) is 5.69. The number of methoxy groups -OCH3 is 1. The van der Waals surface area contributed by atoms with Crippen molar-refractivity contribution >= 4 is 11.9 Å². The SMILES string of the molecule is CCCNC(N)=NCC(=O)NCc1ccc(OC)cc1. The van der Waals surface area contributed by atoms with Gasteiger partial charge in [0.05, 0.1) is 7.11 Å². The quantitative estimate of drug-likeness (QED) is 0.504. The lowest BCUT2D eigenvalue weighted by atomic mass is 10.2. The Morgan fingerprint density at radius 2 is 2.00 bits per heavy atom. The number of carbonyl (C=O) groups excluding carboxylic acids is 1. The molecule has 4 N–H and O–H groups in total. The molecule has 1 amide bonds. The Morgan fingerprint density at radius 3 is 2.60 bits per heavy atom. The molecule has 0 saturated heterocycles. The normalized spacial score (nSPS) is 11.0. The van der Waals surface area contributed by atoms with Gasteiger partial charge in [0, 0.05) is 13.1 Å². The Kier molecular flexibility index (Phi) is 6.95. The number of rotatable bonds is 7. The molecule has 6 nitrogen and oxygen atoms in total. The Morgan fingerprint density at radius 1 is 1.30 bits per heavy atom. The largest absolute Gasteiger partial charge is 0.497 e. The van der Waals surface area contributed by atoms with E-state index in [1.807, 2.05) is 31.2 Å². The van der Waals surface area contributed by atoms with Gasteiger partial charge in [0.15, 0.2) is 5.96 Å². The van der Waals surface area contributed by atoms with Crippen LogP contribution in [-0.4, -0.2) is 32.1 Å². The van der Waals surface area contributed by atoms with E-state index in [1.165, 1.54) is 0 Å². The molecule has 0 saturated carbocycles. The maximum atomic E-state index is 11.6. The maximum Gasteiger partial charge on any atom is 0.242 e. The van der Waals surface area contributed by atoms with E-state index in [0.717, 1.165) is 24.3 Å². The van der Waals surface area contributed by atoms with Gasteiger partial charge in [-0.05, 0) is 24.1 Å². The Labute approximate surface area is 119 Å². The number of amides is 1. The molecule has 110 valence electrons. The van der Waals surface area contributed by atoms with Crippen molar-refractivity contribution in [3.8, 4) is 5.75 Å². The first-order valence-electron chi connectivity index (χ1n) is 6.59. The van der Waals surface area contributed by atoms with Crippen LogP contribution in [-0.2, 0) is 11.3 Å². The summed E-state index contributed by atoms with van der Waals surface area (Å²) in [5.41, 5.74) is 6.59. The Balaban J connectivity index is 2.31. The summed E-state index contributed by atoms with van der Waals surface area (Å²) in [4.78, 5) is 15.5. The van der Waals surface area contributed by atoms with Gasteiger partial charge in [-0.15, -0.1) is 0 Å². The molecule has 1 aromatic carbocycles. The predicted octanol–water partition coefficient (Wildman–Crippen LogP) is 0.626. The zero-order chi connectivity index (χ0) is 14.8. The molecule has 0 radical (unpaired) electrons. The van der Waals surface area contributed by atoms with Crippen molar-refractivity contribution in [2.24, 2.45) is 10.7 Å². The van der Waals surface area contributed by atoms with E-state index in [0.29, 0.717) is 12.5 Å². The molecule has 0 spiro atoms. The number of nitrogens with one attached hydrogen (secondary N) is 2. The highest BCUT2D eigenvalue weighted by Crippen LogP contribution is 2.10. The van der Waals surface area contributed by atoms with E-state index in [-0.39, 0.29) is 12.5 Å². The van der Waals surface area contributed by atoms with E-state index in [1.54, 1.807) is 7.11 Å². The standard InChI is InChI=1S/C14H22N4O2/c1-3-8-16-14(15)18-10-13(19)17-9-11-4-6-12(20-2)7-5-11/h4-7H,3,8-10H2,1-2H3,(H,17,19)(H3,15,16,18). The molecule has 0 unspecified atom stereocenters. The number of nitrogens with two attached hydrogens (primary N) is 1. The molecular weight excluding hydrogens is 256 g/mol. The highest BCUT2D eigenvalue weighted by molar-refractivity contribution is 5.83. The summed E-state index contributed by atoms with van der Waals surface area (Å²) in [5.74, 6) is 0.924. The molecule has 0 aliphatic heterocycles. The molecule has 0 bridgehead atoms. The second-order valence-corrected chi connectivity index (χ2v) is 4.25. The van der Waals surface area contributed by atoms with Crippen molar-refractivity contribution in [1.82, 2.24) is 10.6 Å². The van der Waals surface area contributed by atoms with Crippen LogP contribution in [0.5, 0.6) is 5.75 Å². The van der Waals surface area contributed by atoms with Crippen LogP contribution in [0.2, 0.25) is 0 Å². The zero-order valence-corrected chi connectivity index (χ0v) is 12.0. The molecule has 0 aliphatic carbocycles. The lowest BCUT2D eigenvalue weighted by molar-refractivity contribution is -0.119. The van der Waals surface area contributed by atoms with Crippen LogP contribution in [0.15, 0.2) is 29.3 Å². The molecule has 0 atom stereocenters. The van der Waals surface area contributed by atoms with Gasteiger partial charge in [0.1, 0.15) is 12.3 Å². The topological polar surface area (TPSA) is 88.7 Å². The average Bonchev–Trinajstić information content (AvgIpc) is 2.49. The van der Waals surface area contributed by atoms with Crippen molar-refractivity contribution in [1.29, 1.82) is 0 Å². The number of hydrogen-bond acceptors (Lipinski definition) is 3. The third kappa shape index (κ3) is 6.08. The van der Waals surface area contributed by atoms with Crippen molar-refractivity contribution in [2.45, 2.75) is 19.9 Å². The van der Waals surface area contributed by atoms with Gasteiger partial charge in [0.2, 0.25) is 5.91 Å². The van der Waals surface area contributed by atoms with E-state index < -0.39 is 0 Å². The Hall–Kier alpha value is -2.24. The minimum Gasteiger partial charge on any atom is -0.497 e. The van der Waals surface area contributed by atoms with Crippen LogP contribution in [0.1, 0.15) is 18.9 Å². The number of benzene rings is 1. The molecular formula is C14H22N4O2. The molecule has 0 aromatic heterocycles. The van der Waals surface area contributed by atoms with Crippen LogP contribution in [0.4, 0.5) is 0 Å². The number of guanidine groups is 1. The second kappa shape index (κ2) is 8.79. The van der Waals surface area contributed by atoms with Crippen LogP contribution in [0.3, 0.4) is 0 Å². The smallest absolute Gasteiger partial charge is 0.242 e. The molecule has 6 heteroatoms. The summed E-state index contributed by atoms with van der Waals surface area (Å²) in [6, 6.07) is 7.51. The molecule has 1 aromatic rings. The van der Waals surface area contributed by atoms with Crippen molar-refractivity contribution in [3.63, 3.8) is 0 Å². The summed E-state index contributed by atoms with van der Waals surface area (Å²) in [6.07, 6.45) is 0.958. The average molecular weight is 278 g/mol. The van der Waals surface area contributed by atoms with Gasteiger partial charge >= 0.3 is 0 Å². The number of aliphatic imine (C=N–C) groups is 1. The Bertz CT molecular complexity index is 443. The maximum absolute atomic E-state index is 11.6. The van der Waals surface area contributed by atoms with E-state index in [4.69, 9.17) is 10.5 Å². The van der Waals surface area contributed by atoms with Crippen LogP contribution in [0.25, 0.3) is 0 Å². The van der Waals surface area contributed by atoms with Crippen LogP contribution in [0, 0.1) is 0 Å². The first-order valence-corrected chi connectivity index (χ1v) is 6.59. The molecule has 0 aliphatic rings. The first kappa shape index (κ1) is 15.8. The van der Waals surface area contributed by atoms with Crippen LogP contribution >= 0.6 is 0 Å². The minimum absolute atomic E-state index is 0.0265. The zero-order valence-electron chi connectivity index (χ0n) is 12.0. The third-order valence-electron chi connectivity index (χ3n) is 2.60. The minimum atomic E-state index is -0.165. The molecule has 20 heavy (non-hydrogen) atoms. The van der Waals surface area contributed by atoms with Gasteiger partial charge in [-0.1, -0.05) is 19.1 Å². The van der Waals surface area contributed by atoms with Gasteiger partial charge in [-0.3, -0.25) is 4.79 Å². The fourth-order valence-corrected chi connectivity index (χ4v) is 1.47.